The first-order valence-electron chi connectivity index (χ1n) is 3.85. The van der Waals surface area contributed by atoms with Crippen molar-refractivity contribution in [1.82, 2.24) is 0 Å². The van der Waals surface area contributed by atoms with Crippen molar-refractivity contribution in [3.05, 3.63) is 35.4 Å². The van der Waals surface area contributed by atoms with E-state index in [4.69, 9.17) is 5.73 Å². The van der Waals surface area contributed by atoms with Gasteiger partial charge in [0.2, 0.25) is 0 Å². The summed E-state index contributed by atoms with van der Waals surface area (Å²) in [6.45, 7) is 6.76. The van der Waals surface area contributed by atoms with Crippen LogP contribution in [0.5, 0.6) is 0 Å². The molecule has 0 unspecified atom stereocenters. The number of hydrogen-bond donors (Lipinski definition) is 1. The first-order chi connectivity index (χ1) is 5.95. The number of hydrogen-bond acceptors (Lipinski definition) is 1. The van der Waals surface area contributed by atoms with Gasteiger partial charge < -0.3 is 5.73 Å². The van der Waals surface area contributed by atoms with Crippen LogP contribution in [0, 0.1) is 18.6 Å². The van der Waals surface area contributed by atoms with E-state index in [2.05, 4.69) is 6.58 Å². The summed E-state index contributed by atoms with van der Waals surface area (Å²) in [5, 5.41) is 0. The van der Waals surface area contributed by atoms with Crippen LogP contribution in [-0.2, 0) is 0 Å². The van der Waals surface area contributed by atoms with Crippen LogP contribution in [0.1, 0.15) is 18.1 Å². The van der Waals surface area contributed by atoms with Crippen molar-refractivity contribution in [1.29, 1.82) is 0 Å². The molecule has 0 aliphatic carbocycles. The first kappa shape index (κ1) is 9.71. The van der Waals surface area contributed by atoms with Gasteiger partial charge in [-0.15, -0.1) is 0 Å². The van der Waals surface area contributed by atoms with Crippen molar-refractivity contribution in [2.45, 2.75) is 13.8 Å². The van der Waals surface area contributed by atoms with Crippen LogP contribution in [0.15, 0.2) is 12.6 Å². The summed E-state index contributed by atoms with van der Waals surface area (Å²) in [5.74, 6) is -1.81. The standard InChI is InChI=1S/C10H11F2N/c1-5(2)8-9(12)7(11)4-6(3)10(8)13/h4H,1,13H2,2-3H3. The van der Waals surface area contributed by atoms with Crippen LogP contribution in [0.3, 0.4) is 0 Å². The number of aryl methyl sites for hydroxylation is 1. The molecular weight excluding hydrogens is 172 g/mol. The molecule has 1 aromatic rings. The third kappa shape index (κ3) is 1.54. The van der Waals surface area contributed by atoms with Gasteiger partial charge in [-0.2, -0.15) is 0 Å². The molecule has 0 fully saturated rings. The highest BCUT2D eigenvalue weighted by atomic mass is 19.2. The van der Waals surface area contributed by atoms with Gasteiger partial charge in [-0.3, -0.25) is 0 Å². The Balaban J connectivity index is 3.56. The molecule has 1 nitrogen and oxygen atoms in total. The van der Waals surface area contributed by atoms with Gasteiger partial charge >= 0.3 is 0 Å². The van der Waals surface area contributed by atoms with Crippen molar-refractivity contribution in [3.8, 4) is 0 Å². The number of rotatable bonds is 1. The van der Waals surface area contributed by atoms with E-state index in [-0.39, 0.29) is 11.3 Å². The Kier molecular flexibility index (Phi) is 2.36. The molecule has 70 valence electrons. The zero-order valence-corrected chi connectivity index (χ0v) is 7.62. The fourth-order valence-electron chi connectivity index (χ4n) is 1.18. The van der Waals surface area contributed by atoms with Crippen molar-refractivity contribution >= 4 is 11.3 Å². The van der Waals surface area contributed by atoms with Crippen LogP contribution in [0.4, 0.5) is 14.5 Å². The van der Waals surface area contributed by atoms with Gasteiger partial charge in [0.05, 0.1) is 0 Å². The third-order valence-corrected chi connectivity index (χ3v) is 1.89. The Bertz CT molecular complexity index is 343. The topological polar surface area (TPSA) is 26.0 Å². The third-order valence-electron chi connectivity index (χ3n) is 1.89. The lowest BCUT2D eigenvalue weighted by Gasteiger charge is -2.09. The number of benzene rings is 1. The second kappa shape index (κ2) is 3.17. The Labute approximate surface area is 75.9 Å². The average molecular weight is 183 g/mol. The molecule has 1 rings (SSSR count). The van der Waals surface area contributed by atoms with E-state index >= 15 is 0 Å². The molecule has 1 aromatic carbocycles. The Morgan fingerprint density at radius 1 is 1.46 bits per heavy atom. The van der Waals surface area contributed by atoms with Gasteiger partial charge in [0.25, 0.3) is 0 Å². The predicted molar refractivity (Wildman–Crippen MR) is 50.2 cm³/mol. The van der Waals surface area contributed by atoms with Gasteiger partial charge in [-0.1, -0.05) is 6.58 Å². The maximum Gasteiger partial charge on any atom is 0.168 e. The van der Waals surface area contributed by atoms with Crippen LogP contribution in [-0.4, -0.2) is 0 Å². The molecule has 0 saturated carbocycles. The predicted octanol–water partition coefficient (Wildman–Crippen LogP) is 2.89. The first-order valence-corrected chi connectivity index (χ1v) is 3.85. The van der Waals surface area contributed by atoms with Crippen molar-refractivity contribution in [2.75, 3.05) is 5.73 Å². The molecule has 0 radical (unpaired) electrons. The fraction of sp³-hybridized carbons (Fsp3) is 0.200. The highest BCUT2D eigenvalue weighted by molar-refractivity contribution is 5.75. The summed E-state index contributed by atoms with van der Waals surface area (Å²) in [5.41, 5.74) is 6.88. The van der Waals surface area contributed by atoms with Gasteiger partial charge in [-0.25, -0.2) is 8.78 Å². The van der Waals surface area contributed by atoms with Crippen LogP contribution in [0.25, 0.3) is 5.57 Å². The summed E-state index contributed by atoms with van der Waals surface area (Å²) in [6, 6.07) is 1.08. The molecule has 0 aromatic heterocycles. The molecule has 0 spiro atoms. The number of allylic oxidation sites excluding steroid dienone is 1. The molecule has 0 heterocycles. The second-order valence-corrected chi connectivity index (χ2v) is 3.06. The van der Waals surface area contributed by atoms with E-state index in [1.807, 2.05) is 0 Å². The molecule has 0 saturated heterocycles. The number of nitrogens with two attached hydrogens (primary N) is 1. The maximum absolute atomic E-state index is 13.2. The summed E-state index contributed by atoms with van der Waals surface area (Å²) in [7, 11) is 0. The minimum atomic E-state index is -0.921. The molecular formula is C10H11F2N. The fourth-order valence-corrected chi connectivity index (χ4v) is 1.18. The molecule has 0 amide bonds. The van der Waals surface area contributed by atoms with E-state index in [1.54, 1.807) is 13.8 Å². The van der Waals surface area contributed by atoms with E-state index in [0.717, 1.165) is 6.07 Å². The molecule has 0 aliphatic rings. The lowest BCUT2D eigenvalue weighted by atomic mass is 10.0. The van der Waals surface area contributed by atoms with Crippen molar-refractivity contribution in [2.24, 2.45) is 0 Å². The van der Waals surface area contributed by atoms with Gasteiger partial charge in [0.15, 0.2) is 11.6 Å². The van der Waals surface area contributed by atoms with E-state index < -0.39 is 11.6 Å². The number of halogens is 2. The van der Waals surface area contributed by atoms with Crippen molar-refractivity contribution < 1.29 is 8.78 Å². The zero-order valence-electron chi connectivity index (χ0n) is 7.62. The monoisotopic (exact) mass is 183 g/mol. The molecule has 0 bridgehead atoms. The summed E-state index contributed by atoms with van der Waals surface area (Å²) < 4.78 is 26.1. The Hall–Kier alpha value is -1.38. The highest BCUT2D eigenvalue weighted by Crippen LogP contribution is 2.28. The quantitative estimate of drug-likeness (QED) is 0.665. The lowest BCUT2D eigenvalue weighted by molar-refractivity contribution is 0.506. The number of nitrogen functional groups attached to an aromatic ring is 1. The minimum Gasteiger partial charge on any atom is -0.398 e. The summed E-state index contributed by atoms with van der Waals surface area (Å²) in [4.78, 5) is 0. The summed E-state index contributed by atoms with van der Waals surface area (Å²) in [6.07, 6.45) is 0. The number of anilines is 1. The molecule has 13 heavy (non-hydrogen) atoms. The lowest BCUT2D eigenvalue weighted by Crippen LogP contribution is -2.01. The van der Waals surface area contributed by atoms with Crippen molar-refractivity contribution in [3.63, 3.8) is 0 Å². The smallest absolute Gasteiger partial charge is 0.168 e. The second-order valence-electron chi connectivity index (χ2n) is 3.06. The van der Waals surface area contributed by atoms with Gasteiger partial charge in [-0.05, 0) is 31.1 Å². The largest absolute Gasteiger partial charge is 0.398 e. The van der Waals surface area contributed by atoms with Gasteiger partial charge in [0, 0.05) is 11.3 Å². The molecule has 3 heteroatoms. The maximum atomic E-state index is 13.2. The van der Waals surface area contributed by atoms with Crippen LogP contribution >= 0.6 is 0 Å². The van der Waals surface area contributed by atoms with Gasteiger partial charge in [0.1, 0.15) is 0 Å². The minimum absolute atomic E-state index is 0.0810. The summed E-state index contributed by atoms with van der Waals surface area (Å²) >= 11 is 0. The van der Waals surface area contributed by atoms with E-state index in [1.165, 1.54) is 0 Å². The highest BCUT2D eigenvalue weighted by Gasteiger charge is 2.14. The van der Waals surface area contributed by atoms with Crippen LogP contribution < -0.4 is 5.73 Å². The Morgan fingerprint density at radius 3 is 2.46 bits per heavy atom. The zero-order chi connectivity index (χ0) is 10.2. The van der Waals surface area contributed by atoms with Crippen LogP contribution in [0.2, 0.25) is 0 Å². The van der Waals surface area contributed by atoms with E-state index in [9.17, 15) is 8.78 Å². The molecule has 2 N–H and O–H groups in total. The molecule has 0 atom stereocenters. The molecule has 0 aliphatic heterocycles. The average Bonchev–Trinajstić information content (AvgIpc) is 2.01. The SMILES string of the molecule is C=C(C)c1c(N)c(C)cc(F)c1F. The van der Waals surface area contributed by atoms with E-state index in [0.29, 0.717) is 11.1 Å². The normalized spacial score (nSPS) is 10.2. The Morgan fingerprint density at radius 2 is 2.00 bits per heavy atom.